The number of hydrogen-bond acceptors (Lipinski definition) is 2. The fraction of sp³-hybridized carbons (Fsp3) is 0.417. The Morgan fingerprint density at radius 1 is 1.11 bits per heavy atom. The Labute approximate surface area is 175 Å². The Kier molecular flexibility index (Phi) is 4.72. The zero-order chi connectivity index (χ0) is 19.3. The van der Waals surface area contributed by atoms with Crippen LogP contribution in [-0.2, 0) is 19.5 Å². The van der Waals surface area contributed by atoms with Gasteiger partial charge in [-0.2, -0.15) is 0 Å². The van der Waals surface area contributed by atoms with Crippen molar-refractivity contribution in [3.8, 4) is 5.75 Å². The molecule has 0 unspecified atom stereocenters. The first-order valence-corrected chi connectivity index (χ1v) is 11.1. The van der Waals surface area contributed by atoms with E-state index in [1.807, 2.05) is 0 Å². The Morgan fingerprint density at radius 3 is 2.82 bits per heavy atom. The summed E-state index contributed by atoms with van der Waals surface area (Å²) in [7, 11) is 1.72. The van der Waals surface area contributed by atoms with E-state index in [1.165, 1.54) is 47.7 Å². The molecule has 1 aliphatic carbocycles. The lowest BCUT2D eigenvalue weighted by Gasteiger charge is -2.33. The molecule has 5 rings (SSSR count). The third kappa shape index (κ3) is 2.98. The van der Waals surface area contributed by atoms with Crippen LogP contribution in [-0.4, -0.2) is 23.1 Å². The van der Waals surface area contributed by atoms with Crippen LogP contribution >= 0.6 is 15.9 Å². The first-order valence-electron chi connectivity index (χ1n) is 10.3. The van der Waals surface area contributed by atoms with Crippen molar-refractivity contribution in [2.75, 3.05) is 13.7 Å². The maximum Gasteiger partial charge on any atom is 0.133 e. The summed E-state index contributed by atoms with van der Waals surface area (Å²) in [6, 6.07) is 14.0. The molecule has 2 aliphatic rings. The number of ether oxygens (including phenoxy) is 1. The van der Waals surface area contributed by atoms with Crippen LogP contribution in [0.4, 0.5) is 0 Å². The third-order valence-corrected chi connectivity index (χ3v) is 7.08. The molecule has 146 valence electrons. The molecule has 0 saturated carbocycles. The Hall–Kier alpha value is -1.78. The van der Waals surface area contributed by atoms with E-state index in [-0.39, 0.29) is 0 Å². The van der Waals surface area contributed by atoms with Crippen molar-refractivity contribution in [1.29, 1.82) is 0 Å². The molecule has 1 aliphatic heterocycles. The number of nitrogens with zero attached hydrogens (tertiary/aromatic N) is 2. The molecule has 0 bridgehead atoms. The third-order valence-electron chi connectivity index (χ3n) is 6.46. The Balaban J connectivity index is 1.55. The fourth-order valence-electron chi connectivity index (χ4n) is 5.23. The summed E-state index contributed by atoms with van der Waals surface area (Å²) in [6.45, 7) is 5.49. The first kappa shape index (κ1) is 18.3. The molecule has 3 nitrogen and oxygen atoms in total. The average Bonchev–Trinajstić information content (AvgIpc) is 2.88. The van der Waals surface area contributed by atoms with Gasteiger partial charge in [-0.25, -0.2) is 0 Å². The lowest BCUT2D eigenvalue weighted by Crippen LogP contribution is -2.31. The highest BCUT2D eigenvalue weighted by Gasteiger charge is 2.33. The van der Waals surface area contributed by atoms with Gasteiger partial charge in [-0.3, -0.25) is 4.90 Å². The quantitative estimate of drug-likeness (QED) is 0.498. The van der Waals surface area contributed by atoms with E-state index in [1.54, 1.807) is 18.4 Å². The first-order chi connectivity index (χ1) is 13.7. The molecule has 0 N–H and O–H groups in total. The summed E-state index contributed by atoms with van der Waals surface area (Å²) in [5.41, 5.74) is 7.36. The predicted octanol–water partition coefficient (Wildman–Crippen LogP) is 6.00. The molecule has 1 aromatic heterocycles. The van der Waals surface area contributed by atoms with Crippen molar-refractivity contribution in [3.63, 3.8) is 0 Å². The number of benzene rings is 2. The van der Waals surface area contributed by atoms with Gasteiger partial charge in [0.05, 0.1) is 17.6 Å². The van der Waals surface area contributed by atoms with Crippen molar-refractivity contribution >= 4 is 26.8 Å². The van der Waals surface area contributed by atoms with Crippen LogP contribution < -0.4 is 4.74 Å². The van der Waals surface area contributed by atoms with Crippen molar-refractivity contribution in [3.05, 3.63) is 63.3 Å². The lowest BCUT2D eigenvalue weighted by molar-refractivity contribution is 0.173. The summed E-state index contributed by atoms with van der Waals surface area (Å²) in [5.74, 6) is 0.898. The molecule has 4 heteroatoms. The molecule has 0 radical (unpaired) electrons. The monoisotopic (exact) mass is 438 g/mol. The molecule has 3 aromatic rings. The predicted molar refractivity (Wildman–Crippen MR) is 118 cm³/mol. The summed E-state index contributed by atoms with van der Waals surface area (Å²) in [5, 5.41) is 1.49. The molecular formula is C24H27BrN2O. The number of aryl methyl sites for hydroxylation is 3. The van der Waals surface area contributed by atoms with E-state index in [0.717, 1.165) is 29.9 Å². The van der Waals surface area contributed by atoms with Gasteiger partial charge in [-0.05, 0) is 83.9 Å². The van der Waals surface area contributed by atoms with Gasteiger partial charge in [0.1, 0.15) is 5.75 Å². The van der Waals surface area contributed by atoms with Crippen LogP contribution in [0.5, 0.6) is 5.75 Å². The minimum absolute atomic E-state index is 0.528. The summed E-state index contributed by atoms with van der Waals surface area (Å²) < 4.78 is 9.08. The lowest BCUT2D eigenvalue weighted by atomic mass is 9.90. The van der Waals surface area contributed by atoms with E-state index in [0.29, 0.717) is 6.04 Å². The molecule has 2 aromatic carbocycles. The summed E-state index contributed by atoms with van der Waals surface area (Å²) >= 11 is 3.65. The van der Waals surface area contributed by atoms with Gasteiger partial charge in [-0.15, -0.1) is 0 Å². The van der Waals surface area contributed by atoms with E-state index in [2.05, 4.69) is 68.7 Å². The number of rotatable bonds is 3. The van der Waals surface area contributed by atoms with Gasteiger partial charge >= 0.3 is 0 Å². The Bertz CT molecular complexity index is 1040. The van der Waals surface area contributed by atoms with Crippen LogP contribution in [0.25, 0.3) is 10.9 Å². The van der Waals surface area contributed by atoms with E-state index >= 15 is 0 Å². The highest BCUT2D eigenvalue weighted by Crippen LogP contribution is 2.42. The van der Waals surface area contributed by atoms with Crippen molar-refractivity contribution in [2.45, 2.75) is 51.7 Å². The Morgan fingerprint density at radius 2 is 2.00 bits per heavy atom. The van der Waals surface area contributed by atoms with Gasteiger partial charge in [0.2, 0.25) is 0 Å². The molecule has 0 amide bonds. The van der Waals surface area contributed by atoms with E-state index in [4.69, 9.17) is 4.74 Å². The second kappa shape index (κ2) is 7.23. The number of hydrogen-bond donors (Lipinski definition) is 0. The van der Waals surface area contributed by atoms with Gasteiger partial charge < -0.3 is 9.30 Å². The van der Waals surface area contributed by atoms with E-state index < -0.39 is 0 Å². The molecule has 2 heterocycles. The van der Waals surface area contributed by atoms with Crippen molar-refractivity contribution in [1.82, 2.24) is 9.47 Å². The highest BCUT2D eigenvalue weighted by molar-refractivity contribution is 9.10. The maximum atomic E-state index is 5.40. The van der Waals surface area contributed by atoms with Crippen molar-refractivity contribution in [2.24, 2.45) is 0 Å². The van der Waals surface area contributed by atoms with Crippen LogP contribution in [0.15, 0.2) is 40.9 Å². The second-order valence-electron chi connectivity index (χ2n) is 8.24. The minimum Gasteiger partial charge on any atom is -0.496 e. The van der Waals surface area contributed by atoms with E-state index in [9.17, 15) is 0 Å². The zero-order valence-corrected chi connectivity index (χ0v) is 18.3. The topological polar surface area (TPSA) is 17.4 Å². The van der Waals surface area contributed by atoms with Crippen LogP contribution in [0.2, 0.25) is 0 Å². The number of halogens is 1. The summed E-state index contributed by atoms with van der Waals surface area (Å²) in [6.07, 6.45) is 4.98. The molecular weight excluding hydrogens is 412 g/mol. The van der Waals surface area contributed by atoms with Crippen LogP contribution in [0.1, 0.15) is 47.7 Å². The molecule has 0 fully saturated rings. The molecule has 0 spiro atoms. The fourth-order valence-corrected chi connectivity index (χ4v) is 5.81. The minimum atomic E-state index is 0.528. The highest BCUT2D eigenvalue weighted by atomic mass is 79.9. The molecule has 28 heavy (non-hydrogen) atoms. The standard InChI is InChI=1S/C24H27BrN2O/c1-16-7-9-21-19(13-16)18-5-3-6-22-24(18)27(21)12-4-11-26(22)15-17-8-10-23(28-2)20(25)14-17/h7-10,13-14,22H,3-6,11-12,15H2,1-2H3/t22-/m1/s1. The van der Waals surface area contributed by atoms with Gasteiger partial charge in [0.15, 0.2) is 0 Å². The normalized spacial score (nSPS) is 19.5. The largest absolute Gasteiger partial charge is 0.496 e. The smallest absolute Gasteiger partial charge is 0.133 e. The van der Waals surface area contributed by atoms with Gasteiger partial charge in [0, 0.05) is 36.2 Å². The molecule has 0 saturated heterocycles. The van der Waals surface area contributed by atoms with Crippen LogP contribution in [0.3, 0.4) is 0 Å². The number of methoxy groups -OCH3 is 1. The summed E-state index contributed by atoms with van der Waals surface area (Å²) in [4.78, 5) is 2.71. The number of aromatic nitrogens is 1. The average molecular weight is 439 g/mol. The molecule has 1 atom stereocenters. The van der Waals surface area contributed by atoms with Gasteiger partial charge in [-0.1, -0.05) is 17.7 Å². The maximum absolute atomic E-state index is 5.40. The number of fused-ring (bicyclic) bond motifs is 3. The second-order valence-corrected chi connectivity index (χ2v) is 9.09. The van der Waals surface area contributed by atoms with Gasteiger partial charge in [0.25, 0.3) is 0 Å². The zero-order valence-electron chi connectivity index (χ0n) is 16.7. The van der Waals surface area contributed by atoms with Crippen molar-refractivity contribution < 1.29 is 4.74 Å². The SMILES string of the molecule is COc1ccc(CN2CCCn3c4c(c5cc(C)ccc53)CCC[C@H]42)cc1Br. The van der Waals surface area contributed by atoms with Crippen LogP contribution in [0, 0.1) is 6.92 Å².